The molecule has 4 heteroatoms. The second-order valence-corrected chi connectivity index (χ2v) is 11.0. The van der Waals surface area contributed by atoms with Crippen LogP contribution in [0.15, 0.2) is 24.3 Å². The molecule has 0 saturated heterocycles. The Hall–Kier alpha value is -0.683. The standard InChI is InChI=1S/C16H28O3Si/c1-17-10-5-11-18-12-13-19-14-15-6-8-16(9-7-15)20(2,3)4/h6-9H,5,10-14H2,1-4H3. The molecule has 0 bridgehead atoms. The van der Waals surface area contributed by atoms with Crippen molar-refractivity contribution in [3.05, 3.63) is 29.8 Å². The lowest BCUT2D eigenvalue weighted by atomic mass is 10.2. The number of hydrogen-bond donors (Lipinski definition) is 0. The van der Waals surface area contributed by atoms with Crippen LogP contribution in [0.1, 0.15) is 12.0 Å². The molecule has 0 amide bonds. The van der Waals surface area contributed by atoms with Crippen molar-refractivity contribution in [2.24, 2.45) is 0 Å². The predicted molar refractivity (Wildman–Crippen MR) is 86.4 cm³/mol. The van der Waals surface area contributed by atoms with Gasteiger partial charge in [0, 0.05) is 20.3 Å². The third-order valence-corrected chi connectivity index (χ3v) is 5.16. The topological polar surface area (TPSA) is 27.7 Å². The highest BCUT2D eigenvalue weighted by molar-refractivity contribution is 6.88. The fraction of sp³-hybridized carbons (Fsp3) is 0.625. The molecule has 0 spiro atoms. The van der Waals surface area contributed by atoms with Gasteiger partial charge in [-0.1, -0.05) is 49.1 Å². The van der Waals surface area contributed by atoms with Gasteiger partial charge in [0.2, 0.25) is 0 Å². The molecule has 3 nitrogen and oxygen atoms in total. The van der Waals surface area contributed by atoms with Crippen LogP contribution in [-0.2, 0) is 20.8 Å². The minimum Gasteiger partial charge on any atom is -0.385 e. The van der Waals surface area contributed by atoms with Crippen molar-refractivity contribution in [3.8, 4) is 0 Å². The van der Waals surface area contributed by atoms with Crippen LogP contribution in [0.5, 0.6) is 0 Å². The van der Waals surface area contributed by atoms with Gasteiger partial charge in [-0.05, 0) is 12.0 Å². The van der Waals surface area contributed by atoms with Crippen molar-refractivity contribution in [2.75, 3.05) is 33.5 Å². The van der Waals surface area contributed by atoms with Gasteiger partial charge in [-0.25, -0.2) is 0 Å². The molecule has 0 atom stereocenters. The number of ether oxygens (including phenoxy) is 3. The molecule has 0 aliphatic rings. The highest BCUT2D eigenvalue weighted by atomic mass is 28.3. The first kappa shape index (κ1) is 17.4. The molecule has 0 aromatic heterocycles. The van der Waals surface area contributed by atoms with Gasteiger partial charge in [-0.2, -0.15) is 0 Å². The van der Waals surface area contributed by atoms with Gasteiger partial charge in [0.1, 0.15) is 0 Å². The maximum atomic E-state index is 5.61. The SMILES string of the molecule is COCCCOCCOCc1ccc([Si](C)(C)C)cc1. The lowest BCUT2D eigenvalue weighted by molar-refractivity contribution is 0.0337. The molecular weight excluding hydrogens is 268 g/mol. The van der Waals surface area contributed by atoms with Crippen LogP contribution >= 0.6 is 0 Å². The Morgan fingerprint density at radius 1 is 0.850 bits per heavy atom. The predicted octanol–water partition coefficient (Wildman–Crippen LogP) is 2.80. The minimum atomic E-state index is -1.19. The average Bonchev–Trinajstić information content (AvgIpc) is 2.41. The van der Waals surface area contributed by atoms with Gasteiger partial charge < -0.3 is 14.2 Å². The number of benzene rings is 1. The molecule has 114 valence electrons. The molecule has 0 radical (unpaired) electrons. The van der Waals surface area contributed by atoms with E-state index < -0.39 is 8.07 Å². The van der Waals surface area contributed by atoms with Crippen LogP contribution in [0, 0.1) is 0 Å². The lowest BCUT2D eigenvalue weighted by Crippen LogP contribution is -2.37. The maximum absolute atomic E-state index is 5.61. The van der Waals surface area contributed by atoms with Gasteiger partial charge in [0.05, 0.1) is 27.9 Å². The Kier molecular flexibility index (Phi) is 8.07. The molecule has 1 aromatic carbocycles. The van der Waals surface area contributed by atoms with E-state index in [9.17, 15) is 0 Å². The molecule has 0 unspecified atom stereocenters. The van der Waals surface area contributed by atoms with E-state index in [1.54, 1.807) is 7.11 Å². The molecule has 0 saturated carbocycles. The van der Waals surface area contributed by atoms with E-state index in [-0.39, 0.29) is 0 Å². The Bertz CT molecular complexity index is 357. The highest BCUT2D eigenvalue weighted by Gasteiger charge is 2.15. The normalized spacial score (nSPS) is 11.8. The molecule has 20 heavy (non-hydrogen) atoms. The first-order valence-corrected chi connectivity index (χ1v) is 10.8. The summed E-state index contributed by atoms with van der Waals surface area (Å²) in [6.45, 7) is 10.5. The van der Waals surface area contributed by atoms with Crippen molar-refractivity contribution >= 4 is 13.3 Å². The Morgan fingerprint density at radius 3 is 2.10 bits per heavy atom. The third kappa shape index (κ3) is 7.19. The minimum absolute atomic E-state index is 0.642. The van der Waals surface area contributed by atoms with E-state index in [2.05, 4.69) is 43.9 Å². The largest absolute Gasteiger partial charge is 0.385 e. The monoisotopic (exact) mass is 296 g/mol. The summed E-state index contributed by atoms with van der Waals surface area (Å²) in [5.74, 6) is 0. The summed E-state index contributed by atoms with van der Waals surface area (Å²) in [6.07, 6.45) is 0.939. The maximum Gasteiger partial charge on any atom is 0.0775 e. The summed E-state index contributed by atoms with van der Waals surface area (Å²) in [6, 6.07) is 8.83. The van der Waals surface area contributed by atoms with Crippen molar-refractivity contribution in [1.29, 1.82) is 0 Å². The van der Waals surface area contributed by atoms with E-state index in [4.69, 9.17) is 14.2 Å². The van der Waals surface area contributed by atoms with Crippen LogP contribution < -0.4 is 5.19 Å². The van der Waals surface area contributed by atoms with Gasteiger partial charge in [0.25, 0.3) is 0 Å². The quantitative estimate of drug-likeness (QED) is 0.491. The van der Waals surface area contributed by atoms with Crippen LogP contribution in [0.2, 0.25) is 19.6 Å². The van der Waals surface area contributed by atoms with Crippen molar-refractivity contribution < 1.29 is 14.2 Å². The van der Waals surface area contributed by atoms with E-state index in [0.717, 1.165) is 19.6 Å². The second kappa shape index (κ2) is 9.29. The van der Waals surface area contributed by atoms with Crippen molar-refractivity contribution in [1.82, 2.24) is 0 Å². The molecule has 0 aliphatic heterocycles. The first-order valence-electron chi connectivity index (χ1n) is 7.28. The average molecular weight is 296 g/mol. The smallest absolute Gasteiger partial charge is 0.0775 e. The summed E-state index contributed by atoms with van der Waals surface area (Å²) in [4.78, 5) is 0. The van der Waals surface area contributed by atoms with Crippen LogP contribution in [0.3, 0.4) is 0 Å². The van der Waals surface area contributed by atoms with E-state index in [0.29, 0.717) is 19.8 Å². The number of methoxy groups -OCH3 is 1. The second-order valence-electron chi connectivity index (χ2n) is 5.96. The van der Waals surface area contributed by atoms with Gasteiger partial charge in [0.15, 0.2) is 0 Å². The number of hydrogen-bond acceptors (Lipinski definition) is 3. The van der Waals surface area contributed by atoms with E-state index in [1.165, 1.54) is 10.8 Å². The summed E-state index contributed by atoms with van der Waals surface area (Å²) < 4.78 is 16.0. The van der Waals surface area contributed by atoms with Gasteiger partial charge >= 0.3 is 0 Å². The summed E-state index contributed by atoms with van der Waals surface area (Å²) in [7, 11) is 0.518. The molecule has 0 N–H and O–H groups in total. The van der Waals surface area contributed by atoms with Gasteiger partial charge in [-0.15, -0.1) is 0 Å². The highest BCUT2D eigenvalue weighted by Crippen LogP contribution is 2.05. The molecule has 1 aromatic rings. The van der Waals surface area contributed by atoms with E-state index >= 15 is 0 Å². The fourth-order valence-electron chi connectivity index (χ4n) is 1.82. The summed E-state index contributed by atoms with van der Waals surface area (Å²) >= 11 is 0. The molecular formula is C16H28O3Si. The van der Waals surface area contributed by atoms with Crippen molar-refractivity contribution in [2.45, 2.75) is 32.7 Å². The summed E-state index contributed by atoms with van der Waals surface area (Å²) in [5, 5.41) is 1.49. The Labute approximate surface area is 124 Å². The summed E-state index contributed by atoms with van der Waals surface area (Å²) in [5.41, 5.74) is 1.23. The van der Waals surface area contributed by atoms with Crippen LogP contribution in [0.25, 0.3) is 0 Å². The zero-order valence-corrected chi connectivity index (χ0v) is 14.3. The zero-order valence-electron chi connectivity index (χ0n) is 13.3. The van der Waals surface area contributed by atoms with Crippen molar-refractivity contribution in [3.63, 3.8) is 0 Å². The molecule has 1 rings (SSSR count). The van der Waals surface area contributed by atoms with Crippen LogP contribution in [-0.4, -0.2) is 41.6 Å². The molecule has 0 aliphatic carbocycles. The Balaban J connectivity index is 2.13. The lowest BCUT2D eigenvalue weighted by Gasteiger charge is -2.16. The first-order chi connectivity index (χ1) is 9.54. The molecule has 0 heterocycles. The third-order valence-electron chi connectivity index (χ3n) is 3.10. The Morgan fingerprint density at radius 2 is 1.50 bits per heavy atom. The zero-order chi connectivity index (χ0) is 14.8. The fourth-order valence-corrected chi connectivity index (χ4v) is 2.98. The van der Waals surface area contributed by atoms with E-state index in [1.807, 2.05) is 0 Å². The van der Waals surface area contributed by atoms with Gasteiger partial charge in [-0.3, -0.25) is 0 Å². The van der Waals surface area contributed by atoms with Crippen LogP contribution in [0.4, 0.5) is 0 Å². The number of rotatable bonds is 10. The molecule has 0 fully saturated rings.